The molecule has 3 aromatic rings. The van der Waals surface area contributed by atoms with Gasteiger partial charge in [-0.3, -0.25) is 3.97 Å². The van der Waals surface area contributed by atoms with Crippen molar-refractivity contribution in [1.82, 2.24) is 23.8 Å². The molecule has 182 valence electrons. The van der Waals surface area contributed by atoms with E-state index in [1.54, 1.807) is 24.2 Å². The first-order valence-electron chi connectivity index (χ1n) is 11.1. The molecular formula is C22H25ClFIN6O2S. The number of aromatic nitrogens is 4. The number of hydrogen-bond donors (Lipinski definition) is 1. The monoisotopic (exact) mass is 618 g/mol. The lowest BCUT2D eigenvalue weighted by Gasteiger charge is -2.36. The number of carbonyl (C=O) groups is 1. The van der Waals surface area contributed by atoms with Crippen molar-refractivity contribution in [2.24, 2.45) is 0 Å². The van der Waals surface area contributed by atoms with Gasteiger partial charge < -0.3 is 15.0 Å². The number of amides is 1. The van der Waals surface area contributed by atoms with E-state index in [1.807, 2.05) is 24.0 Å². The van der Waals surface area contributed by atoms with Crippen LogP contribution >= 0.6 is 41.9 Å². The van der Waals surface area contributed by atoms with E-state index in [4.69, 9.17) is 16.3 Å². The Kier molecular flexibility index (Phi) is 7.72. The molecule has 1 spiro atoms. The minimum absolute atomic E-state index is 0.0670. The van der Waals surface area contributed by atoms with Crippen LogP contribution in [0.15, 0.2) is 24.7 Å². The van der Waals surface area contributed by atoms with E-state index < -0.39 is 11.4 Å². The zero-order valence-electron chi connectivity index (χ0n) is 19.0. The van der Waals surface area contributed by atoms with Gasteiger partial charge in [0.05, 0.1) is 17.8 Å². The van der Waals surface area contributed by atoms with Crippen molar-refractivity contribution in [2.45, 2.75) is 51.2 Å². The average molecular weight is 619 g/mol. The number of rotatable bonds is 4. The molecule has 1 amide bonds. The Balaban J connectivity index is 0.00000133. The molecule has 5 rings (SSSR count). The minimum atomic E-state index is -0.530. The average Bonchev–Trinajstić information content (AvgIpc) is 3.32. The van der Waals surface area contributed by atoms with Crippen molar-refractivity contribution >= 4 is 64.9 Å². The summed E-state index contributed by atoms with van der Waals surface area (Å²) >= 11 is 8.33. The number of ether oxygens (including phenoxy) is 1. The summed E-state index contributed by atoms with van der Waals surface area (Å²) in [7, 11) is 3.19. The van der Waals surface area contributed by atoms with Crippen LogP contribution in [-0.2, 0) is 4.74 Å². The number of fused-ring (bicyclic) bond motifs is 1. The number of nitrogens with one attached hydrogen (secondary N) is 1. The molecule has 34 heavy (non-hydrogen) atoms. The van der Waals surface area contributed by atoms with Gasteiger partial charge in [-0.15, -0.1) is 0 Å². The molecular weight excluding hydrogens is 594 g/mol. The van der Waals surface area contributed by atoms with Crippen LogP contribution in [0.1, 0.15) is 39.5 Å². The van der Waals surface area contributed by atoms with E-state index in [0.717, 1.165) is 30.3 Å². The highest BCUT2D eigenvalue weighted by molar-refractivity contribution is 14.2. The Morgan fingerprint density at radius 3 is 2.85 bits per heavy atom. The van der Waals surface area contributed by atoms with Crippen molar-refractivity contribution in [3.63, 3.8) is 0 Å². The molecule has 1 aliphatic carbocycles. The summed E-state index contributed by atoms with van der Waals surface area (Å²) in [5.41, 5.74) is 0.919. The van der Waals surface area contributed by atoms with E-state index in [1.165, 1.54) is 15.3 Å². The van der Waals surface area contributed by atoms with Gasteiger partial charge in [-0.05, 0) is 25.3 Å². The number of likely N-dealkylation sites (N-methyl/N-ethyl adjacent to an activating group) is 1. The van der Waals surface area contributed by atoms with Gasteiger partial charge in [-0.2, -0.15) is 0 Å². The van der Waals surface area contributed by atoms with Gasteiger partial charge in [-0.25, -0.2) is 24.1 Å². The Labute approximate surface area is 218 Å². The normalized spacial score (nSPS) is 22.0. The highest BCUT2D eigenvalue weighted by Gasteiger charge is 2.46. The molecule has 4 heterocycles. The fourth-order valence-corrected chi connectivity index (χ4v) is 5.97. The molecule has 0 aromatic carbocycles. The van der Waals surface area contributed by atoms with E-state index in [-0.39, 0.29) is 18.0 Å². The molecule has 1 N–H and O–H groups in total. The molecule has 1 saturated heterocycles. The second-order valence-electron chi connectivity index (χ2n) is 8.20. The zero-order chi connectivity index (χ0) is 24.5. The molecule has 2 atom stereocenters. The summed E-state index contributed by atoms with van der Waals surface area (Å²) in [6.45, 7) is 4.54. The van der Waals surface area contributed by atoms with Crippen LogP contribution in [0.3, 0.4) is 0 Å². The minimum Gasteiger partial charge on any atom is -0.441 e. The van der Waals surface area contributed by atoms with Gasteiger partial charge in [-0.1, -0.05) is 25.4 Å². The lowest BCUT2D eigenvalue weighted by atomic mass is 9.81. The Morgan fingerprint density at radius 1 is 1.35 bits per heavy atom. The number of pyridine rings is 1. The molecule has 12 heteroatoms. The number of carbonyl (C=O) groups excluding carboxylic acids is 1. The van der Waals surface area contributed by atoms with Crippen molar-refractivity contribution in [3.8, 4) is 11.4 Å². The molecule has 8 nitrogen and oxygen atoms in total. The van der Waals surface area contributed by atoms with Crippen LogP contribution in [0.4, 0.5) is 15.0 Å². The van der Waals surface area contributed by atoms with Crippen molar-refractivity contribution in [1.29, 1.82) is 0 Å². The predicted octanol–water partition coefficient (Wildman–Crippen LogP) is 6.33. The standard InChI is InChI=1S/C20H19ClFIN6O2S.C2H6/c1-28-10-20(31-19(28)30)4-2-3-12(6-20)26-17-15(22)8-24-16(27-17)14-9-29(32-23)18-13(14)5-11(21)7-25-18;1-2/h5,7-9,12H,2-4,6,10H2,1H3,(H,24,26,27);1-2H3. The van der Waals surface area contributed by atoms with E-state index >= 15 is 0 Å². The molecule has 2 unspecified atom stereocenters. The van der Waals surface area contributed by atoms with Crippen LogP contribution in [0.5, 0.6) is 0 Å². The number of hydrogen-bond acceptors (Lipinski definition) is 7. The summed E-state index contributed by atoms with van der Waals surface area (Å²) in [4.78, 5) is 26.6. The molecule has 2 fully saturated rings. The molecule has 1 saturated carbocycles. The predicted molar refractivity (Wildman–Crippen MR) is 142 cm³/mol. The third kappa shape index (κ3) is 4.92. The maximum absolute atomic E-state index is 14.7. The Morgan fingerprint density at radius 2 is 2.15 bits per heavy atom. The summed E-state index contributed by atoms with van der Waals surface area (Å²) in [5, 5.41) is 4.52. The number of nitrogens with zero attached hydrogens (tertiary/aromatic N) is 5. The van der Waals surface area contributed by atoms with Gasteiger partial charge >= 0.3 is 6.09 Å². The maximum Gasteiger partial charge on any atom is 0.410 e. The SMILES string of the molecule is CC.CN1CC2(CCCC(Nc3nc(-c4cn(SI)c5ncc(Cl)cc45)ncc3F)C2)OC1=O. The second kappa shape index (κ2) is 10.4. The van der Waals surface area contributed by atoms with Crippen LogP contribution in [-0.4, -0.2) is 55.2 Å². The van der Waals surface area contributed by atoms with E-state index in [9.17, 15) is 9.18 Å². The first kappa shape index (κ1) is 25.2. The maximum atomic E-state index is 14.7. The van der Waals surface area contributed by atoms with Crippen LogP contribution in [0.25, 0.3) is 22.4 Å². The topological polar surface area (TPSA) is 85.2 Å². The largest absolute Gasteiger partial charge is 0.441 e. The van der Waals surface area contributed by atoms with Crippen molar-refractivity contribution < 1.29 is 13.9 Å². The fourth-order valence-electron chi connectivity index (χ4n) is 4.55. The lowest BCUT2D eigenvalue weighted by molar-refractivity contribution is 0.0222. The van der Waals surface area contributed by atoms with E-state index in [0.29, 0.717) is 29.4 Å². The molecule has 3 aromatic heterocycles. The fraction of sp³-hybridized carbons (Fsp3) is 0.455. The lowest BCUT2D eigenvalue weighted by Crippen LogP contribution is -2.43. The van der Waals surface area contributed by atoms with Crippen LogP contribution in [0.2, 0.25) is 5.02 Å². The van der Waals surface area contributed by atoms with Crippen LogP contribution < -0.4 is 5.32 Å². The Hall–Kier alpha value is -1.86. The van der Waals surface area contributed by atoms with Crippen LogP contribution in [0, 0.1) is 5.82 Å². The zero-order valence-corrected chi connectivity index (χ0v) is 22.7. The van der Waals surface area contributed by atoms with Gasteiger partial charge in [0.2, 0.25) is 0 Å². The van der Waals surface area contributed by atoms with Crippen molar-refractivity contribution in [2.75, 3.05) is 18.9 Å². The quantitative estimate of drug-likeness (QED) is 0.342. The smallest absolute Gasteiger partial charge is 0.410 e. The van der Waals surface area contributed by atoms with Gasteiger partial charge in [0.15, 0.2) is 23.1 Å². The van der Waals surface area contributed by atoms with E-state index in [2.05, 4.69) is 41.5 Å². The summed E-state index contributed by atoms with van der Waals surface area (Å²) in [5.74, 6) is -0.0190. The van der Waals surface area contributed by atoms with Crippen molar-refractivity contribution in [3.05, 3.63) is 35.5 Å². The summed E-state index contributed by atoms with van der Waals surface area (Å²) < 4.78 is 22.2. The third-order valence-corrected chi connectivity index (χ3v) is 7.83. The second-order valence-corrected chi connectivity index (χ2v) is 10.3. The molecule has 1 aliphatic heterocycles. The third-order valence-electron chi connectivity index (χ3n) is 5.92. The molecule has 0 bridgehead atoms. The highest BCUT2D eigenvalue weighted by atomic mass is 127. The van der Waals surface area contributed by atoms with Gasteiger partial charge in [0.25, 0.3) is 0 Å². The van der Waals surface area contributed by atoms with Gasteiger partial charge in [0.1, 0.15) is 5.60 Å². The summed E-state index contributed by atoms with van der Waals surface area (Å²) in [6, 6.07) is 1.74. The highest BCUT2D eigenvalue weighted by Crippen LogP contribution is 2.38. The Bertz CT molecular complexity index is 1210. The molecule has 2 aliphatic rings. The van der Waals surface area contributed by atoms with Gasteiger partial charge in [0, 0.05) is 73.2 Å². The molecule has 0 radical (unpaired) electrons. The first-order valence-corrected chi connectivity index (χ1v) is 14.8. The first-order chi connectivity index (χ1) is 16.4. The summed E-state index contributed by atoms with van der Waals surface area (Å²) in [6.07, 6.45) is 7.44. The number of anilines is 1. The number of halogens is 3.